The number of hydrogen-bond donors (Lipinski definition) is 5. The van der Waals surface area contributed by atoms with Crippen molar-refractivity contribution >= 4 is 30.4 Å². The molecule has 5 rings (SSSR count). The second-order valence-electron chi connectivity index (χ2n) is 7.45. The van der Waals surface area contributed by atoms with Gasteiger partial charge in [0, 0.05) is 34.4 Å². The van der Waals surface area contributed by atoms with Crippen LogP contribution in [0.5, 0.6) is 23.0 Å². The maximum Gasteiger partial charge on any atom is 0.340 e. The second kappa shape index (κ2) is 7.45. The van der Waals surface area contributed by atoms with Crippen LogP contribution in [0.15, 0.2) is 54.6 Å². The van der Waals surface area contributed by atoms with E-state index in [9.17, 15) is 24.6 Å². The van der Waals surface area contributed by atoms with Crippen molar-refractivity contribution in [3.05, 3.63) is 82.4 Å². The maximum atomic E-state index is 12.9. The van der Waals surface area contributed by atoms with Gasteiger partial charge in [0.25, 0.3) is 5.91 Å². The Balaban J connectivity index is 1.71. The first-order valence-corrected chi connectivity index (χ1v) is 10.4. The molecule has 0 aliphatic carbocycles. The van der Waals surface area contributed by atoms with Crippen LogP contribution in [-0.4, -0.2) is 33.7 Å². The molecule has 0 radical (unpaired) electrons. The number of rotatable bonds is 2. The quantitative estimate of drug-likeness (QED) is 0.223. The van der Waals surface area contributed by atoms with Crippen molar-refractivity contribution in [1.82, 2.24) is 10.9 Å². The summed E-state index contributed by atoms with van der Waals surface area (Å²) in [7, 11) is 0. The standard InChI is InChI=1S/C23H16N2O7S/c26-12-2-5-15-18(8-12)31-19-9-13(27)3-6-16(19)23(15)17-7-11(1-4-14(17)22(30)32-23)21(29)25-24-20(28)10-33/h1-9,26-27,33H,10H2,(H,24,28)(H,25,29). The molecule has 0 atom stereocenters. The van der Waals surface area contributed by atoms with Crippen LogP contribution in [0.3, 0.4) is 0 Å². The van der Waals surface area contributed by atoms with E-state index < -0.39 is 23.4 Å². The monoisotopic (exact) mass is 464 g/mol. The van der Waals surface area contributed by atoms with Gasteiger partial charge in [0.05, 0.1) is 11.3 Å². The van der Waals surface area contributed by atoms with Gasteiger partial charge in [-0.2, -0.15) is 12.6 Å². The van der Waals surface area contributed by atoms with Crippen molar-refractivity contribution in [1.29, 1.82) is 0 Å². The summed E-state index contributed by atoms with van der Waals surface area (Å²) in [6, 6.07) is 13.2. The van der Waals surface area contributed by atoms with E-state index in [0.717, 1.165) is 0 Å². The molecule has 2 heterocycles. The Morgan fingerprint density at radius 1 is 0.879 bits per heavy atom. The van der Waals surface area contributed by atoms with E-state index in [1.165, 1.54) is 42.5 Å². The summed E-state index contributed by atoms with van der Waals surface area (Å²) in [5.41, 5.74) is 4.70. The zero-order valence-electron chi connectivity index (χ0n) is 16.8. The predicted octanol–water partition coefficient (Wildman–Crippen LogP) is 2.36. The van der Waals surface area contributed by atoms with Crippen molar-refractivity contribution in [2.24, 2.45) is 0 Å². The smallest absolute Gasteiger partial charge is 0.340 e. The molecule has 2 amide bonds. The number of carbonyl (C=O) groups excluding carboxylic acids is 3. The fraction of sp³-hybridized carbons (Fsp3) is 0.0870. The largest absolute Gasteiger partial charge is 0.508 e. The number of ether oxygens (including phenoxy) is 2. The molecule has 33 heavy (non-hydrogen) atoms. The zero-order valence-corrected chi connectivity index (χ0v) is 17.7. The number of carbonyl (C=O) groups is 3. The van der Waals surface area contributed by atoms with Crippen LogP contribution in [0.25, 0.3) is 0 Å². The molecule has 2 aliphatic rings. The molecule has 10 heteroatoms. The summed E-state index contributed by atoms with van der Waals surface area (Å²) in [4.78, 5) is 37.0. The van der Waals surface area contributed by atoms with E-state index in [-0.39, 0.29) is 39.9 Å². The van der Waals surface area contributed by atoms with Gasteiger partial charge in [-0.05, 0) is 42.5 Å². The molecule has 3 aromatic carbocycles. The fourth-order valence-electron chi connectivity index (χ4n) is 4.08. The summed E-state index contributed by atoms with van der Waals surface area (Å²) in [6.45, 7) is 0. The van der Waals surface area contributed by atoms with E-state index in [2.05, 4.69) is 23.5 Å². The van der Waals surface area contributed by atoms with Crippen LogP contribution in [0.4, 0.5) is 0 Å². The van der Waals surface area contributed by atoms with Crippen molar-refractivity contribution in [3.8, 4) is 23.0 Å². The van der Waals surface area contributed by atoms with E-state index >= 15 is 0 Å². The Morgan fingerprint density at radius 3 is 2.12 bits per heavy atom. The van der Waals surface area contributed by atoms with Gasteiger partial charge in [-0.3, -0.25) is 20.4 Å². The molecule has 0 saturated heterocycles. The van der Waals surface area contributed by atoms with Gasteiger partial charge in [0.15, 0.2) is 5.60 Å². The highest BCUT2D eigenvalue weighted by Crippen LogP contribution is 2.57. The SMILES string of the molecule is O=C(CS)NNC(=O)c1ccc2c(c1)C1(OC2=O)c2ccc(O)cc2Oc2cc(O)ccc21. The lowest BCUT2D eigenvalue weighted by Crippen LogP contribution is -2.42. The first-order chi connectivity index (χ1) is 15.8. The second-order valence-corrected chi connectivity index (χ2v) is 7.77. The molecule has 2 aliphatic heterocycles. The van der Waals surface area contributed by atoms with Crippen LogP contribution in [-0.2, 0) is 15.1 Å². The Hall–Kier alpha value is -4.18. The topological polar surface area (TPSA) is 134 Å². The Labute approximate surface area is 192 Å². The van der Waals surface area contributed by atoms with Gasteiger partial charge in [-0.15, -0.1) is 0 Å². The van der Waals surface area contributed by atoms with E-state index in [1.54, 1.807) is 12.1 Å². The van der Waals surface area contributed by atoms with Crippen molar-refractivity contribution < 1.29 is 34.1 Å². The average Bonchev–Trinajstić information content (AvgIpc) is 3.09. The highest BCUT2D eigenvalue weighted by molar-refractivity contribution is 7.81. The fourth-order valence-corrected chi connectivity index (χ4v) is 4.16. The molecule has 0 unspecified atom stereocenters. The van der Waals surface area contributed by atoms with Crippen molar-refractivity contribution in [2.75, 3.05) is 5.75 Å². The molecule has 166 valence electrons. The number of esters is 1. The lowest BCUT2D eigenvalue weighted by Gasteiger charge is -2.36. The number of hydrazine groups is 1. The third-order valence-electron chi connectivity index (χ3n) is 5.49. The minimum Gasteiger partial charge on any atom is -0.508 e. The summed E-state index contributed by atoms with van der Waals surface area (Å²) in [6.07, 6.45) is 0. The molecule has 0 aromatic heterocycles. The number of hydrogen-bond acceptors (Lipinski definition) is 8. The number of fused-ring (bicyclic) bond motifs is 6. The van der Waals surface area contributed by atoms with Gasteiger partial charge in [-0.25, -0.2) is 4.79 Å². The van der Waals surface area contributed by atoms with Gasteiger partial charge in [0.1, 0.15) is 23.0 Å². The summed E-state index contributed by atoms with van der Waals surface area (Å²) >= 11 is 3.84. The Morgan fingerprint density at radius 2 is 1.52 bits per heavy atom. The van der Waals surface area contributed by atoms with E-state index in [1.807, 2.05) is 0 Å². The summed E-state index contributed by atoms with van der Waals surface area (Å²) < 4.78 is 11.8. The molecule has 9 nitrogen and oxygen atoms in total. The molecule has 4 N–H and O–H groups in total. The van der Waals surface area contributed by atoms with Crippen LogP contribution in [0.1, 0.15) is 37.4 Å². The van der Waals surface area contributed by atoms with Gasteiger partial charge in [0.2, 0.25) is 5.91 Å². The van der Waals surface area contributed by atoms with Crippen molar-refractivity contribution in [3.63, 3.8) is 0 Å². The highest BCUT2D eigenvalue weighted by atomic mass is 32.1. The molecule has 0 fully saturated rings. The summed E-state index contributed by atoms with van der Waals surface area (Å²) in [5.74, 6) is -1.49. The third kappa shape index (κ3) is 3.14. The number of aromatic hydroxyl groups is 2. The minimum atomic E-state index is -1.48. The lowest BCUT2D eigenvalue weighted by molar-refractivity contribution is -0.119. The minimum absolute atomic E-state index is 0.0647. The Kier molecular flexibility index (Phi) is 4.68. The first kappa shape index (κ1) is 20.7. The molecule has 0 saturated carbocycles. The molecular weight excluding hydrogens is 448 g/mol. The third-order valence-corrected chi connectivity index (χ3v) is 5.78. The van der Waals surface area contributed by atoms with Crippen LogP contribution >= 0.6 is 12.6 Å². The summed E-state index contributed by atoms with van der Waals surface area (Å²) in [5, 5.41) is 20.0. The first-order valence-electron chi connectivity index (χ1n) is 9.76. The number of nitrogens with one attached hydrogen (secondary N) is 2. The van der Waals surface area contributed by atoms with Crippen LogP contribution in [0.2, 0.25) is 0 Å². The number of benzene rings is 3. The Bertz CT molecular complexity index is 1300. The van der Waals surface area contributed by atoms with Gasteiger partial charge >= 0.3 is 5.97 Å². The van der Waals surface area contributed by atoms with Gasteiger partial charge < -0.3 is 19.7 Å². The number of phenols is 2. The molecular formula is C23H16N2O7S. The van der Waals surface area contributed by atoms with Crippen molar-refractivity contribution in [2.45, 2.75) is 5.60 Å². The van der Waals surface area contributed by atoms with Gasteiger partial charge in [-0.1, -0.05) is 0 Å². The van der Waals surface area contributed by atoms with E-state index in [0.29, 0.717) is 16.7 Å². The number of phenolic OH excluding ortho intramolecular Hbond substituents is 2. The number of amides is 2. The average molecular weight is 464 g/mol. The van der Waals surface area contributed by atoms with Crippen LogP contribution in [0, 0.1) is 0 Å². The van der Waals surface area contributed by atoms with E-state index in [4.69, 9.17) is 9.47 Å². The number of thiol groups is 1. The molecule has 3 aromatic rings. The molecule has 1 spiro atoms. The highest BCUT2D eigenvalue weighted by Gasteiger charge is 2.53. The lowest BCUT2D eigenvalue weighted by atomic mass is 9.77. The maximum absolute atomic E-state index is 12.9. The predicted molar refractivity (Wildman–Crippen MR) is 117 cm³/mol. The van der Waals surface area contributed by atoms with Crippen LogP contribution < -0.4 is 15.6 Å². The molecule has 0 bridgehead atoms. The normalized spacial score (nSPS) is 14.4. The zero-order chi connectivity index (χ0) is 23.3.